The number of benzene rings is 4. The van der Waals surface area contributed by atoms with Crippen molar-refractivity contribution in [3.05, 3.63) is 149 Å². The third kappa shape index (κ3) is 11.3. The Morgan fingerprint density at radius 2 is 1.65 bits per heavy atom. The molecule has 0 aromatic heterocycles. The summed E-state index contributed by atoms with van der Waals surface area (Å²) < 4.78 is 47.4. The summed E-state index contributed by atoms with van der Waals surface area (Å²) in [6.45, 7) is 11.2. The van der Waals surface area contributed by atoms with Crippen molar-refractivity contribution < 1.29 is 47.9 Å². The number of aryl methyl sites for hydroxylation is 2. The summed E-state index contributed by atoms with van der Waals surface area (Å²) in [6.07, 6.45) is 8.01. The lowest BCUT2D eigenvalue weighted by Gasteiger charge is -2.59. The first-order valence-electron chi connectivity index (χ1n) is 23.4. The minimum atomic E-state index is -1.52. The maximum atomic E-state index is 14.8. The van der Waals surface area contributed by atoms with E-state index in [2.05, 4.69) is 32.6 Å². The number of carbonyl (C=O) groups excluding carboxylic acids is 1. The van der Waals surface area contributed by atoms with Gasteiger partial charge in [-0.2, -0.15) is 0 Å². The lowest BCUT2D eigenvalue weighted by atomic mass is 9.55. The number of amides is 1. The van der Waals surface area contributed by atoms with Crippen LogP contribution in [0, 0.1) is 37.4 Å². The Balaban J connectivity index is 1.37. The summed E-state index contributed by atoms with van der Waals surface area (Å²) >= 11 is 0. The highest BCUT2D eigenvalue weighted by Gasteiger charge is 2.65. The van der Waals surface area contributed by atoms with Crippen molar-refractivity contribution in [2.75, 3.05) is 39.6 Å². The van der Waals surface area contributed by atoms with Gasteiger partial charge in [0.1, 0.15) is 42.3 Å². The summed E-state index contributed by atoms with van der Waals surface area (Å²) in [6, 6.07) is 26.9. The highest BCUT2D eigenvalue weighted by molar-refractivity contribution is 6.03. The van der Waals surface area contributed by atoms with Crippen LogP contribution >= 0.6 is 0 Å². The second-order valence-corrected chi connectivity index (χ2v) is 17.4. The predicted molar refractivity (Wildman–Crippen MR) is 252 cm³/mol. The van der Waals surface area contributed by atoms with Crippen molar-refractivity contribution in [1.82, 2.24) is 4.90 Å². The normalized spacial score (nSPS) is 22.4. The van der Waals surface area contributed by atoms with Crippen LogP contribution in [0.1, 0.15) is 85.6 Å². The summed E-state index contributed by atoms with van der Waals surface area (Å²) in [5.41, 5.74) is 6.47. The van der Waals surface area contributed by atoms with Crippen LogP contribution in [0.3, 0.4) is 0 Å². The van der Waals surface area contributed by atoms with Crippen LogP contribution in [0.2, 0.25) is 0 Å². The second kappa shape index (κ2) is 23.3. The fourth-order valence-corrected chi connectivity index (χ4v) is 9.89. The fourth-order valence-electron chi connectivity index (χ4n) is 9.89. The zero-order valence-corrected chi connectivity index (χ0v) is 38.5. The van der Waals surface area contributed by atoms with Crippen LogP contribution in [-0.2, 0) is 32.2 Å². The van der Waals surface area contributed by atoms with Crippen LogP contribution in [0.5, 0.6) is 17.2 Å². The number of unbranched alkanes of at least 4 members (excludes halogenated alkanes) is 2. The number of fused-ring (bicyclic) bond motifs is 2. The number of aliphatic hydroxyl groups excluding tert-OH is 2. The topological polar surface area (TPSA) is 129 Å². The standard InChI is InChI=1S/C54H65FN2O9/c1-5-28-63-54-50(57(35-39-19-21-42(55)22-20-39)53(60)62-30-29-61-36-40-14-8-7-9-15-40)34-48(56-64-6-2)46-32-41(16-10-12-26-58)45(17-11-13-27-59)51(52(46)54)47-33-44(24-25-49(47)66-54)65-43-23-18-37(3)38(4)31-43/h5,7-9,14-15,18-25,31-33,41,45,50-52,58-59H,1,6,10-13,16-17,26-30,34-36H2,2-4H3/t41-,45+,50-,51+,52+,54+/m0/s1. The maximum Gasteiger partial charge on any atom is 0.410 e. The van der Waals surface area contributed by atoms with Crippen molar-refractivity contribution in [1.29, 1.82) is 0 Å². The van der Waals surface area contributed by atoms with Gasteiger partial charge in [0.25, 0.3) is 0 Å². The number of nitrogens with zero attached hydrogens (tertiary/aromatic N) is 2. The summed E-state index contributed by atoms with van der Waals surface area (Å²) in [7, 11) is 0. The van der Waals surface area contributed by atoms with Gasteiger partial charge in [-0.15, -0.1) is 6.58 Å². The summed E-state index contributed by atoms with van der Waals surface area (Å²) in [4.78, 5) is 22.4. The number of halogens is 1. The summed E-state index contributed by atoms with van der Waals surface area (Å²) in [5.74, 6) is -0.688. The molecule has 0 unspecified atom stereocenters. The van der Waals surface area contributed by atoms with Crippen LogP contribution in [0.15, 0.2) is 120 Å². The van der Waals surface area contributed by atoms with Gasteiger partial charge in [0, 0.05) is 37.7 Å². The van der Waals surface area contributed by atoms with E-state index in [1.807, 2.05) is 67.6 Å². The van der Waals surface area contributed by atoms with Crippen molar-refractivity contribution in [3.8, 4) is 17.2 Å². The van der Waals surface area contributed by atoms with E-state index >= 15 is 0 Å². The molecular formula is C54H65FN2O9. The third-order valence-corrected chi connectivity index (χ3v) is 13.1. The molecule has 1 saturated carbocycles. The molecule has 2 aliphatic carbocycles. The van der Waals surface area contributed by atoms with Gasteiger partial charge in [0.2, 0.25) is 5.79 Å². The van der Waals surface area contributed by atoms with E-state index in [4.69, 9.17) is 33.7 Å². The molecule has 7 rings (SSSR count). The number of hydrogen-bond donors (Lipinski definition) is 2. The molecule has 2 N–H and O–H groups in total. The molecule has 0 bridgehead atoms. The Morgan fingerprint density at radius 1 is 0.909 bits per heavy atom. The Kier molecular flexibility index (Phi) is 17.1. The average Bonchev–Trinajstić information content (AvgIpc) is 3.32. The number of rotatable bonds is 23. The van der Waals surface area contributed by atoms with E-state index in [1.54, 1.807) is 23.1 Å². The molecule has 1 aliphatic heterocycles. The first-order chi connectivity index (χ1) is 32.2. The number of aliphatic hydroxyl groups is 2. The largest absolute Gasteiger partial charge is 0.459 e. The van der Waals surface area contributed by atoms with Gasteiger partial charge in [-0.25, -0.2) is 9.18 Å². The maximum absolute atomic E-state index is 14.8. The molecule has 0 spiro atoms. The molecule has 6 atom stereocenters. The molecule has 4 aromatic rings. The van der Waals surface area contributed by atoms with E-state index in [1.165, 1.54) is 17.7 Å². The molecule has 11 nitrogen and oxygen atoms in total. The number of allylic oxidation sites excluding steroid dienone is 1. The van der Waals surface area contributed by atoms with Gasteiger partial charge >= 0.3 is 6.09 Å². The first-order valence-corrected chi connectivity index (χ1v) is 23.4. The SMILES string of the molecule is C=CCO[C@@]12Oc3ccc(Oc4ccc(C)c(C)c4)cc3[C@H]3[C@H](CCCCO)[C@@H](CCCCO)C=C(C(=NOCC)C[C@@H]1N(Cc1ccc(F)cc1)C(=O)OCCOCc1ccccc1)[C@H]32. The minimum absolute atomic E-state index is 0.0153. The Hall–Kier alpha value is -5.53. The zero-order valence-electron chi connectivity index (χ0n) is 38.5. The highest BCUT2D eigenvalue weighted by atomic mass is 19.1. The van der Waals surface area contributed by atoms with Gasteiger partial charge < -0.3 is 38.7 Å². The van der Waals surface area contributed by atoms with Crippen molar-refractivity contribution >= 4 is 11.8 Å². The number of ether oxygens (including phenoxy) is 5. The van der Waals surface area contributed by atoms with E-state index in [0.717, 1.165) is 47.9 Å². The third-order valence-electron chi connectivity index (χ3n) is 13.1. The molecule has 12 heteroatoms. The van der Waals surface area contributed by atoms with Crippen LogP contribution < -0.4 is 9.47 Å². The Labute approximate surface area is 388 Å². The smallest absolute Gasteiger partial charge is 0.410 e. The van der Waals surface area contributed by atoms with E-state index in [-0.39, 0.29) is 63.8 Å². The van der Waals surface area contributed by atoms with Crippen molar-refractivity contribution in [2.24, 2.45) is 22.9 Å². The molecule has 352 valence electrons. The first kappa shape index (κ1) is 48.4. The second-order valence-electron chi connectivity index (χ2n) is 17.4. The van der Waals surface area contributed by atoms with E-state index in [9.17, 15) is 19.4 Å². The molecule has 1 heterocycles. The Morgan fingerprint density at radius 3 is 2.38 bits per heavy atom. The zero-order chi connectivity index (χ0) is 46.5. The number of oxime groups is 1. The van der Waals surface area contributed by atoms with Crippen LogP contribution in [0.4, 0.5) is 9.18 Å². The van der Waals surface area contributed by atoms with E-state index < -0.39 is 29.7 Å². The average molecular weight is 905 g/mol. The fraction of sp³-hybridized carbons (Fsp3) is 0.444. The molecule has 4 aromatic carbocycles. The predicted octanol–water partition coefficient (Wildman–Crippen LogP) is 10.7. The summed E-state index contributed by atoms with van der Waals surface area (Å²) in [5, 5.41) is 24.7. The molecule has 0 saturated heterocycles. The molecule has 0 radical (unpaired) electrons. The lowest BCUT2D eigenvalue weighted by Crippen LogP contribution is -2.70. The molecular weight excluding hydrogens is 840 g/mol. The van der Waals surface area contributed by atoms with Gasteiger partial charge in [-0.1, -0.05) is 78.7 Å². The van der Waals surface area contributed by atoms with Crippen LogP contribution in [-0.4, -0.2) is 78.4 Å². The molecule has 1 amide bonds. The Bertz CT molecular complexity index is 2280. The lowest BCUT2D eigenvalue weighted by molar-refractivity contribution is -0.256. The van der Waals surface area contributed by atoms with Gasteiger partial charge in [0.15, 0.2) is 0 Å². The van der Waals surface area contributed by atoms with Gasteiger partial charge in [-0.3, -0.25) is 4.90 Å². The molecule has 3 aliphatic rings. The van der Waals surface area contributed by atoms with E-state index in [0.29, 0.717) is 54.6 Å². The molecule has 66 heavy (non-hydrogen) atoms. The number of hydrogen-bond acceptors (Lipinski definition) is 10. The highest BCUT2D eigenvalue weighted by Crippen LogP contribution is 2.62. The van der Waals surface area contributed by atoms with Crippen molar-refractivity contribution in [3.63, 3.8) is 0 Å². The van der Waals surface area contributed by atoms with Gasteiger partial charge in [0.05, 0.1) is 31.5 Å². The quantitative estimate of drug-likeness (QED) is 0.0425. The number of carbonyl (C=O) groups is 1. The molecule has 1 fully saturated rings. The minimum Gasteiger partial charge on any atom is -0.459 e. The van der Waals surface area contributed by atoms with Gasteiger partial charge in [-0.05, 0) is 129 Å². The van der Waals surface area contributed by atoms with Crippen molar-refractivity contribution in [2.45, 2.75) is 96.6 Å². The monoisotopic (exact) mass is 904 g/mol. The van der Waals surface area contributed by atoms with Crippen LogP contribution in [0.25, 0.3) is 0 Å².